The van der Waals surface area contributed by atoms with Gasteiger partial charge in [-0.25, -0.2) is 0 Å². The molecule has 0 rings (SSSR count). The Bertz CT molecular complexity index is 140. The highest BCUT2D eigenvalue weighted by Gasteiger charge is 2.37. The van der Waals surface area contributed by atoms with Crippen LogP contribution in [0.2, 0.25) is 0 Å². The minimum Gasteiger partial charge on any atom is -0.250 e. The molecule has 6 nitrogen and oxygen atoms in total. The molecule has 50 valence electrons. The van der Waals surface area contributed by atoms with Gasteiger partial charge in [-0.2, -0.15) is 4.52 Å². The van der Waals surface area contributed by atoms with Gasteiger partial charge in [0.2, 0.25) is 0 Å². The van der Waals surface area contributed by atoms with Crippen molar-refractivity contribution < 1.29 is 27.7 Å². The van der Waals surface area contributed by atoms with Gasteiger partial charge >= 0.3 is 23.0 Å². The molecule has 2 unspecified atom stereocenters. The van der Waals surface area contributed by atoms with Crippen LogP contribution in [-0.4, -0.2) is 11.4 Å². The van der Waals surface area contributed by atoms with Crippen molar-refractivity contribution in [1.82, 2.24) is 0 Å². The normalized spacial score (nSPS) is 12.1. The Balaban J connectivity index is 3.50. The lowest BCUT2D eigenvalue weighted by Crippen LogP contribution is -1.72. The Morgan fingerprint density at radius 3 is 2.33 bits per heavy atom. The monoisotopic (exact) mass is 172 g/mol. The zero-order valence-corrected chi connectivity index (χ0v) is 5.75. The zero-order valence-electron chi connectivity index (χ0n) is 3.96. The van der Waals surface area contributed by atoms with Crippen LogP contribution in [0, 0.1) is 0 Å². The maximum absolute atomic E-state index is 9.98. The van der Waals surface area contributed by atoms with Gasteiger partial charge in [-0.3, -0.25) is 4.79 Å². The molecule has 0 radical (unpaired) electrons. The van der Waals surface area contributed by atoms with Crippen molar-refractivity contribution in [3.05, 3.63) is 0 Å². The summed E-state index contributed by atoms with van der Waals surface area (Å²) in [6, 6.07) is 0. The molecule has 0 aromatic rings. The predicted molar refractivity (Wildman–Crippen MR) is 25.7 cm³/mol. The van der Waals surface area contributed by atoms with Crippen LogP contribution in [0.3, 0.4) is 0 Å². The minimum atomic E-state index is -2.97. The van der Waals surface area contributed by atoms with Crippen molar-refractivity contribution in [3.8, 4) is 0 Å². The molecule has 0 aromatic carbocycles. The van der Waals surface area contributed by atoms with E-state index >= 15 is 0 Å². The van der Waals surface area contributed by atoms with E-state index in [4.69, 9.17) is 4.89 Å². The van der Waals surface area contributed by atoms with E-state index in [0.29, 0.717) is 0 Å². The molecule has 1 N–H and O–H groups in total. The number of hydrogen-bond acceptors (Lipinski definition) is 5. The van der Waals surface area contributed by atoms with Crippen LogP contribution in [-0.2, 0) is 22.8 Å². The molecule has 2 atom stereocenters. The van der Waals surface area contributed by atoms with Gasteiger partial charge in [-0.15, -0.1) is 4.89 Å². The molecule has 0 aliphatic rings. The molecule has 0 fully saturated rings. The van der Waals surface area contributed by atoms with Crippen molar-refractivity contribution in [1.29, 1.82) is 0 Å². The average molecular weight is 172 g/mol. The summed E-state index contributed by atoms with van der Waals surface area (Å²) >= 11 is 0. The first kappa shape index (κ1) is 8.59. The lowest BCUT2D eigenvalue weighted by atomic mass is 11.7. The summed E-state index contributed by atoms with van der Waals surface area (Å²) in [6.07, 6.45) is 0. The number of carbonyl (C=O) groups is 1. The van der Waals surface area contributed by atoms with Crippen molar-refractivity contribution in [3.63, 3.8) is 0 Å². The van der Waals surface area contributed by atoms with E-state index < -0.39 is 16.5 Å². The van der Waals surface area contributed by atoms with Crippen LogP contribution in [0.1, 0.15) is 0 Å². The summed E-state index contributed by atoms with van der Waals surface area (Å²) in [5, 5.41) is 0. The second-order valence-corrected chi connectivity index (χ2v) is 2.53. The van der Waals surface area contributed by atoms with E-state index in [2.05, 4.69) is 8.83 Å². The molecule has 0 amide bonds. The van der Waals surface area contributed by atoms with E-state index in [-0.39, 0.29) is 6.47 Å². The second kappa shape index (κ2) is 4.47. The molecular weight excluding hydrogens is 170 g/mol. The maximum atomic E-state index is 9.98. The Hall–Kier alpha value is -0.410. The molecule has 0 aliphatic heterocycles. The Morgan fingerprint density at radius 1 is 1.44 bits per heavy atom. The van der Waals surface area contributed by atoms with Gasteiger partial charge in [0.15, 0.2) is 4.31 Å². The van der Waals surface area contributed by atoms with Crippen LogP contribution >= 0.6 is 16.5 Å². The SMILES string of the molecule is O=CO[P+](=O)O[P+](=O)O. The molecule has 0 aliphatic carbocycles. The lowest BCUT2D eigenvalue weighted by Gasteiger charge is -1.63. The van der Waals surface area contributed by atoms with Crippen molar-refractivity contribution in [2.45, 2.75) is 0 Å². The minimum absolute atomic E-state index is 0.141. The van der Waals surface area contributed by atoms with Gasteiger partial charge in [0.05, 0.1) is 0 Å². The summed E-state index contributed by atoms with van der Waals surface area (Å²) in [6.45, 7) is -0.141. The lowest BCUT2D eigenvalue weighted by molar-refractivity contribution is -0.120. The molecule has 0 aromatic heterocycles. The first-order valence-electron chi connectivity index (χ1n) is 1.58. The molecular formula is CH2O6P2+2. The first-order chi connectivity index (χ1) is 4.16. The maximum Gasteiger partial charge on any atom is 0.803 e. The molecule has 0 spiro atoms. The third-order valence-corrected chi connectivity index (χ3v) is 1.62. The van der Waals surface area contributed by atoms with Crippen LogP contribution in [0.15, 0.2) is 0 Å². The van der Waals surface area contributed by atoms with E-state index in [1.54, 1.807) is 0 Å². The topological polar surface area (TPSA) is 89.9 Å². The third-order valence-electron chi connectivity index (χ3n) is 0.266. The van der Waals surface area contributed by atoms with E-state index in [1.165, 1.54) is 0 Å². The van der Waals surface area contributed by atoms with Crippen molar-refractivity contribution >= 4 is 23.0 Å². The molecule has 0 heterocycles. The largest absolute Gasteiger partial charge is 0.803 e. The van der Waals surface area contributed by atoms with Gasteiger partial charge < -0.3 is 0 Å². The van der Waals surface area contributed by atoms with Gasteiger partial charge in [0, 0.05) is 9.13 Å². The summed E-state index contributed by atoms with van der Waals surface area (Å²) < 4.78 is 26.8. The number of rotatable bonds is 4. The fourth-order valence-electron chi connectivity index (χ4n) is 0.111. The molecule has 9 heavy (non-hydrogen) atoms. The summed E-state index contributed by atoms with van der Waals surface area (Å²) in [5.41, 5.74) is 0. The van der Waals surface area contributed by atoms with E-state index in [9.17, 15) is 13.9 Å². The molecule has 8 heteroatoms. The van der Waals surface area contributed by atoms with Gasteiger partial charge in [-0.05, 0) is 0 Å². The fraction of sp³-hybridized carbons (Fsp3) is 0. The molecule has 0 saturated carbocycles. The Morgan fingerprint density at radius 2 is 2.00 bits per heavy atom. The van der Waals surface area contributed by atoms with E-state index in [0.717, 1.165) is 0 Å². The third kappa shape index (κ3) is 5.46. The van der Waals surface area contributed by atoms with Crippen LogP contribution in [0.25, 0.3) is 0 Å². The number of hydrogen-bond donors (Lipinski definition) is 1. The molecule has 0 bridgehead atoms. The standard InChI is InChI=1S/CHO6P2/c2-1-6-9(5)7-8(3)4/h1H/q+1/p+1. The van der Waals surface area contributed by atoms with Crippen LogP contribution in [0.4, 0.5) is 0 Å². The Labute approximate surface area is 51.7 Å². The van der Waals surface area contributed by atoms with Crippen LogP contribution < -0.4 is 0 Å². The van der Waals surface area contributed by atoms with Crippen molar-refractivity contribution in [2.24, 2.45) is 0 Å². The smallest absolute Gasteiger partial charge is 0.250 e. The number of carbonyl (C=O) groups excluding carboxylic acids is 1. The quantitative estimate of drug-likeness (QED) is 0.489. The van der Waals surface area contributed by atoms with Gasteiger partial charge in [0.1, 0.15) is 0 Å². The summed E-state index contributed by atoms with van der Waals surface area (Å²) in [5.74, 6) is 0. The van der Waals surface area contributed by atoms with Gasteiger partial charge in [0.25, 0.3) is 0 Å². The highest BCUT2D eigenvalue weighted by atomic mass is 31.2. The highest BCUT2D eigenvalue weighted by molar-refractivity contribution is 7.47. The summed E-state index contributed by atoms with van der Waals surface area (Å²) in [4.78, 5) is 17.2. The van der Waals surface area contributed by atoms with E-state index in [1.807, 2.05) is 0 Å². The predicted octanol–water partition coefficient (Wildman–Crippen LogP) is 0.483. The van der Waals surface area contributed by atoms with Crippen molar-refractivity contribution in [2.75, 3.05) is 0 Å². The highest BCUT2D eigenvalue weighted by Crippen LogP contribution is 2.34. The van der Waals surface area contributed by atoms with Gasteiger partial charge in [-0.1, -0.05) is 0 Å². The fourth-order valence-corrected chi connectivity index (χ4v) is 0.792. The summed E-state index contributed by atoms with van der Waals surface area (Å²) in [7, 11) is -5.74. The second-order valence-electron chi connectivity index (χ2n) is 0.745. The zero-order chi connectivity index (χ0) is 7.28. The van der Waals surface area contributed by atoms with Crippen LogP contribution in [0.5, 0.6) is 0 Å². The first-order valence-corrected chi connectivity index (χ1v) is 3.81. The Kier molecular flexibility index (Phi) is 4.26. The molecule has 0 saturated heterocycles. The average Bonchev–Trinajstić information content (AvgIpc) is 1.63.